The number of nitrogens with two attached hydrogens (primary N) is 1. The highest BCUT2D eigenvalue weighted by molar-refractivity contribution is 5.97. The lowest BCUT2D eigenvalue weighted by Crippen LogP contribution is -2.27. The molecular weight excluding hydrogens is 260 g/mol. The van der Waals surface area contributed by atoms with Crippen LogP contribution < -0.4 is 16.4 Å². The Balaban J connectivity index is 1.88. The van der Waals surface area contributed by atoms with Crippen LogP contribution in [-0.4, -0.2) is 36.6 Å². The molecule has 1 aromatic rings. The summed E-state index contributed by atoms with van der Waals surface area (Å²) in [5.74, 6) is -0.130. The summed E-state index contributed by atoms with van der Waals surface area (Å²) in [5, 5.41) is 5.84. The minimum absolute atomic E-state index is 0.00249. The third-order valence-corrected chi connectivity index (χ3v) is 2.98. The van der Waals surface area contributed by atoms with E-state index in [-0.39, 0.29) is 17.2 Å². The molecule has 4 N–H and O–H groups in total. The Hall–Kier alpha value is -2.31. The first-order chi connectivity index (χ1) is 9.61. The van der Waals surface area contributed by atoms with Crippen LogP contribution in [0, 0.1) is 0 Å². The normalized spacial score (nSPS) is 13.7. The lowest BCUT2D eigenvalue weighted by Gasteiger charge is -2.10. The summed E-state index contributed by atoms with van der Waals surface area (Å²) in [4.78, 5) is 27.0. The number of hydrogen-bond acceptors (Lipinski definition) is 6. The number of ether oxygens (including phenoxy) is 1. The maximum absolute atomic E-state index is 11.5. The van der Waals surface area contributed by atoms with Crippen LogP contribution >= 0.6 is 0 Å². The molecular formula is C13H18N4O3. The van der Waals surface area contributed by atoms with Gasteiger partial charge in [-0.1, -0.05) is 0 Å². The molecule has 0 unspecified atom stereocenters. The van der Waals surface area contributed by atoms with Gasteiger partial charge in [0.15, 0.2) is 0 Å². The first kappa shape index (κ1) is 14.1. The van der Waals surface area contributed by atoms with Crippen LogP contribution in [-0.2, 0) is 9.53 Å². The number of aromatic nitrogens is 1. The molecule has 7 heteroatoms. The topological polar surface area (TPSA) is 106 Å². The van der Waals surface area contributed by atoms with Crippen molar-refractivity contribution in [1.82, 2.24) is 10.3 Å². The smallest absolute Gasteiger partial charge is 0.340 e. The van der Waals surface area contributed by atoms with Crippen LogP contribution in [0.15, 0.2) is 12.3 Å². The summed E-state index contributed by atoms with van der Waals surface area (Å²) in [7, 11) is 1.29. The van der Waals surface area contributed by atoms with E-state index in [2.05, 4.69) is 20.4 Å². The van der Waals surface area contributed by atoms with Crippen LogP contribution in [0.5, 0.6) is 0 Å². The Kier molecular flexibility index (Phi) is 4.39. The highest BCUT2D eigenvalue weighted by Crippen LogP contribution is 2.21. The molecule has 2 rings (SSSR count). The second-order valence-corrected chi connectivity index (χ2v) is 4.63. The van der Waals surface area contributed by atoms with E-state index in [4.69, 9.17) is 5.73 Å². The Morgan fingerprint density at radius 1 is 1.50 bits per heavy atom. The van der Waals surface area contributed by atoms with Gasteiger partial charge in [-0.25, -0.2) is 9.78 Å². The van der Waals surface area contributed by atoms with E-state index >= 15 is 0 Å². The van der Waals surface area contributed by atoms with Crippen molar-refractivity contribution in [3.63, 3.8) is 0 Å². The number of nitrogens with zero attached hydrogens (tertiary/aromatic N) is 1. The number of methoxy groups -OCH3 is 1. The molecule has 0 aromatic carbocycles. The third kappa shape index (κ3) is 3.59. The van der Waals surface area contributed by atoms with Crippen LogP contribution in [0.2, 0.25) is 0 Å². The zero-order chi connectivity index (χ0) is 14.5. The van der Waals surface area contributed by atoms with Gasteiger partial charge in [-0.2, -0.15) is 0 Å². The molecule has 1 fully saturated rings. The Morgan fingerprint density at radius 3 is 2.90 bits per heavy atom. The number of esters is 1. The molecule has 1 aromatic heterocycles. The first-order valence-electron chi connectivity index (χ1n) is 6.48. The summed E-state index contributed by atoms with van der Waals surface area (Å²) < 4.78 is 4.63. The van der Waals surface area contributed by atoms with Crippen molar-refractivity contribution >= 4 is 23.4 Å². The summed E-state index contributed by atoms with van der Waals surface area (Å²) in [6.45, 7) is 0.403. The van der Waals surface area contributed by atoms with Crippen molar-refractivity contribution < 1.29 is 14.3 Å². The van der Waals surface area contributed by atoms with Gasteiger partial charge in [0.25, 0.3) is 0 Å². The molecule has 0 saturated heterocycles. The number of nitrogen functional groups attached to an aromatic ring is 1. The van der Waals surface area contributed by atoms with E-state index in [0.717, 1.165) is 12.8 Å². The van der Waals surface area contributed by atoms with E-state index in [1.54, 1.807) is 0 Å². The van der Waals surface area contributed by atoms with Gasteiger partial charge in [-0.05, 0) is 18.9 Å². The Bertz CT molecular complexity index is 514. The number of amides is 1. The Morgan fingerprint density at radius 2 is 2.25 bits per heavy atom. The predicted octanol–water partition coefficient (Wildman–Crippen LogP) is 0.531. The van der Waals surface area contributed by atoms with Crippen molar-refractivity contribution in [1.29, 1.82) is 0 Å². The summed E-state index contributed by atoms with van der Waals surface area (Å²) in [6, 6.07) is 1.85. The number of rotatable bonds is 6. The largest absolute Gasteiger partial charge is 0.465 e. The van der Waals surface area contributed by atoms with E-state index in [9.17, 15) is 9.59 Å². The van der Waals surface area contributed by atoms with Crippen LogP contribution in [0.4, 0.5) is 11.5 Å². The zero-order valence-corrected chi connectivity index (χ0v) is 11.3. The monoisotopic (exact) mass is 278 g/mol. The molecule has 20 heavy (non-hydrogen) atoms. The number of anilines is 2. The van der Waals surface area contributed by atoms with Gasteiger partial charge < -0.3 is 21.1 Å². The second-order valence-electron chi connectivity index (χ2n) is 4.63. The number of pyridine rings is 1. The molecule has 1 aliphatic carbocycles. The minimum Gasteiger partial charge on any atom is -0.465 e. The number of carbonyl (C=O) groups excluding carboxylic acids is 2. The summed E-state index contributed by atoms with van der Waals surface area (Å²) in [5.41, 5.74) is 6.32. The zero-order valence-electron chi connectivity index (χ0n) is 11.3. The van der Waals surface area contributed by atoms with Crippen LogP contribution in [0.25, 0.3) is 0 Å². The fourth-order valence-electron chi connectivity index (χ4n) is 1.72. The summed E-state index contributed by atoms with van der Waals surface area (Å²) >= 11 is 0. The summed E-state index contributed by atoms with van der Waals surface area (Å²) in [6.07, 6.45) is 3.93. The quantitative estimate of drug-likeness (QED) is 0.655. The van der Waals surface area contributed by atoms with Gasteiger partial charge in [0, 0.05) is 25.2 Å². The van der Waals surface area contributed by atoms with E-state index in [0.29, 0.717) is 24.8 Å². The number of hydrogen-bond donors (Lipinski definition) is 3. The lowest BCUT2D eigenvalue weighted by molar-refractivity contribution is -0.120. The molecule has 1 heterocycles. The number of carbonyl (C=O) groups is 2. The SMILES string of the molecule is COC(=O)c1ccnc(NCCC(=O)NC2CC2)c1N. The average molecular weight is 278 g/mol. The second kappa shape index (κ2) is 6.23. The molecule has 7 nitrogen and oxygen atoms in total. The molecule has 0 radical (unpaired) electrons. The molecule has 108 valence electrons. The average Bonchev–Trinajstić information content (AvgIpc) is 3.23. The minimum atomic E-state index is -0.514. The number of nitrogens with one attached hydrogen (secondary N) is 2. The predicted molar refractivity (Wildman–Crippen MR) is 74.3 cm³/mol. The van der Waals surface area contributed by atoms with Gasteiger partial charge in [0.1, 0.15) is 5.82 Å². The maximum Gasteiger partial charge on any atom is 0.340 e. The lowest BCUT2D eigenvalue weighted by atomic mass is 10.2. The molecule has 0 atom stereocenters. The van der Waals surface area contributed by atoms with Crippen molar-refractivity contribution in [3.8, 4) is 0 Å². The standard InChI is InChI=1S/C13H18N4O3/c1-20-13(19)9-4-6-15-12(11(9)14)16-7-5-10(18)17-8-2-3-8/h4,6,8H,2-3,5,7,14H2,1H3,(H,15,16)(H,17,18). The molecule has 0 aliphatic heterocycles. The van der Waals surface area contributed by atoms with Crippen molar-refractivity contribution in [2.24, 2.45) is 0 Å². The van der Waals surface area contributed by atoms with E-state index in [1.165, 1.54) is 19.4 Å². The Labute approximate surface area is 116 Å². The van der Waals surface area contributed by atoms with Gasteiger partial charge in [-0.3, -0.25) is 4.79 Å². The van der Waals surface area contributed by atoms with Crippen molar-refractivity contribution in [2.45, 2.75) is 25.3 Å². The van der Waals surface area contributed by atoms with Gasteiger partial charge in [0.2, 0.25) is 5.91 Å². The fourth-order valence-corrected chi connectivity index (χ4v) is 1.72. The molecule has 0 bridgehead atoms. The van der Waals surface area contributed by atoms with Crippen LogP contribution in [0.1, 0.15) is 29.6 Å². The van der Waals surface area contributed by atoms with Crippen LogP contribution in [0.3, 0.4) is 0 Å². The van der Waals surface area contributed by atoms with Crippen molar-refractivity contribution in [3.05, 3.63) is 17.8 Å². The molecule has 1 saturated carbocycles. The molecule has 1 amide bonds. The van der Waals surface area contributed by atoms with Gasteiger partial charge in [-0.15, -0.1) is 0 Å². The van der Waals surface area contributed by atoms with Gasteiger partial charge >= 0.3 is 5.97 Å². The first-order valence-corrected chi connectivity index (χ1v) is 6.48. The highest BCUT2D eigenvalue weighted by Gasteiger charge is 2.22. The van der Waals surface area contributed by atoms with Crippen molar-refractivity contribution in [2.75, 3.05) is 24.7 Å². The maximum atomic E-state index is 11.5. The highest BCUT2D eigenvalue weighted by atomic mass is 16.5. The van der Waals surface area contributed by atoms with Gasteiger partial charge in [0.05, 0.1) is 18.4 Å². The third-order valence-electron chi connectivity index (χ3n) is 2.98. The fraction of sp³-hybridized carbons (Fsp3) is 0.462. The molecule has 1 aliphatic rings. The molecule has 0 spiro atoms. The van der Waals surface area contributed by atoms with E-state index < -0.39 is 5.97 Å². The van der Waals surface area contributed by atoms with E-state index in [1.807, 2.05) is 0 Å².